The molecule has 0 aromatic heterocycles. The van der Waals surface area contributed by atoms with E-state index in [9.17, 15) is 9.59 Å². The second-order valence-corrected chi connectivity index (χ2v) is 6.44. The Bertz CT molecular complexity index is 686. The first kappa shape index (κ1) is 17.6. The van der Waals surface area contributed by atoms with Crippen LogP contribution in [0.4, 0.5) is 5.69 Å². The standard InChI is InChI=1S/C18H18ClNO2S/c1-2-5-18(22)20-14-10-8-13(9-11-14)16(21)12-23-17-7-4-3-6-15(17)19/h3-4,6-11H,2,5,12H2,1H3,(H,20,22). The predicted octanol–water partition coefficient (Wildman–Crippen LogP) is 5.05. The summed E-state index contributed by atoms with van der Waals surface area (Å²) in [6, 6.07) is 14.4. The molecule has 0 fully saturated rings. The van der Waals surface area contributed by atoms with E-state index in [2.05, 4.69) is 5.32 Å². The van der Waals surface area contributed by atoms with E-state index >= 15 is 0 Å². The first-order valence-electron chi connectivity index (χ1n) is 7.40. The van der Waals surface area contributed by atoms with Gasteiger partial charge < -0.3 is 5.32 Å². The summed E-state index contributed by atoms with van der Waals surface area (Å²) in [6.07, 6.45) is 1.30. The second-order valence-electron chi connectivity index (χ2n) is 5.02. The molecule has 0 saturated carbocycles. The third kappa shape index (κ3) is 5.41. The highest BCUT2D eigenvalue weighted by molar-refractivity contribution is 8.00. The Kier molecular flexibility index (Phi) is 6.68. The number of hydrogen-bond acceptors (Lipinski definition) is 3. The molecule has 0 unspecified atom stereocenters. The Morgan fingerprint density at radius 1 is 1.09 bits per heavy atom. The summed E-state index contributed by atoms with van der Waals surface area (Å²) in [5.41, 5.74) is 1.33. The fourth-order valence-electron chi connectivity index (χ4n) is 1.98. The lowest BCUT2D eigenvalue weighted by Gasteiger charge is -2.06. The molecule has 0 spiro atoms. The number of Topliss-reactive ketones (excluding diaryl/α,β-unsaturated/α-hetero) is 1. The van der Waals surface area contributed by atoms with Gasteiger partial charge in [-0.1, -0.05) is 30.7 Å². The number of rotatable bonds is 7. The summed E-state index contributed by atoms with van der Waals surface area (Å²) in [4.78, 5) is 24.6. The van der Waals surface area contributed by atoms with Gasteiger partial charge in [0.2, 0.25) is 5.91 Å². The normalized spacial score (nSPS) is 10.3. The van der Waals surface area contributed by atoms with Crippen molar-refractivity contribution in [2.24, 2.45) is 0 Å². The van der Waals surface area contributed by atoms with Gasteiger partial charge in [0.05, 0.1) is 10.8 Å². The van der Waals surface area contributed by atoms with Crippen LogP contribution >= 0.6 is 23.4 Å². The van der Waals surface area contributed by atoms with Gasteiger partial charge in [-0.3, -0.25) is 9.59 Å². The highest BCUT2D eigenvalue weighted by Crippen LogP contribution is 2.27. The fraction of sp³-hybridized carbons (Fsp3) is 0.222. The third-order valence-corrected chi connectivity index (χ3v) is 4.68. The summed E-state index contributed by atoms with van der Waals surface area (Å²) in [5, 5.41) is 3.45. The number of anilines is 1. The average Bonchev–Trinajstić information content (AvgIpc) is 2.55. The van der Waals surface area contributed by atoms with Gasteiger partial charge in [-0.15, -0.1) is 11.8 Å². The van der Waals surface area contributed by atoms with E-state index in [0.717, 1.165) is 11.3 Å². The van der Waals surface area contributed by atoms with Gasteiger partial charge >= 0.3 is 0 Å². The van der Waals surface area contributed by atoms with Gasteiger partial charge in [-0.2, -0.15) is 0 Å². The van der Waals surface area contributed by atoms with Crippen molar-refractivity contribution >= 4 is 40.7 Å². The van der Waals surface area contributed by atoms with Crippen LogP contribution in [0.25, 0.3) is 0 Å². The van der Waals surface area contributed by atoms with Crippen LogP contribution in [-0.2, 0) is 4.79 Å². The Morgan fingerprint density at radius 3 is 2.43 bits per heavy atom. The van der Waals surface area contributed by atoms with Gasteiger partial charge in [-0.25, -0.2) is 0 Å². The van der Waals surface area contributed by atoms with Crippen LogP contribution in [0.2, 0.25) is 5.02 Å². The minimum absolute atomic E-state index is 0.0131. The van der Waals surface area contributed by atoms with Gasteiger partial charge in [0.1, 0.15) is 0 Å². The monoisotopic (exact) mass is 347 g/mol. The molecule has 2 aromatic carbocycles. The van der Waals surface area contributed by atoms with Gasteiger partial charge in [0.15, 0.2) is 5.78 Å². The van der Waals surface area contributed by atoms with Crippen LogP contribution in [0, 0.1) is 0 Å². The van der Waals surface area contributed by atoms with E-state index in [1.165, 1.54) is 11.8 Å². The Balaban J connectivity index is 1.92. The molecule has 23 heavy (non-hydrogen) atoms. The zero-order valence-corrected chi connectivity index (χ0v) is 14.4. The number of ketones is 1. The minimum atomic E-state index is -0.0131. The Labute approximate surface area is 145 Å². The van der Waals surface area contributed by atoms with E-state index in [-0.39, 0.29) is 11.7 Å². The van der Waals surface area contributed by atoms with Crippen molar-refractivity contribution in [2.75, 3.05) is 11.1 Å². The molecule has 5 heteroatoms. The lowest BCUT2D eigenvalue weighted by Crippen LogP contribution is -2.10. The zero-order chi connectivity index (χ0) is 16.7. The number of nitrogens with one attached hydrogen (secondary N) is 1. The lowest BCUT2D eigenvalue weighted by molar-refractivity contribution is -0.116. The van der Waals surface area contributed by atoms with Gasteiger partial charge in [0.25, 0.3) is 0 Å². The van der Waals surface area contributed by atoms with E-state index in [1.807, 2.05) is 31.2 Å². The quantitative estimate of drug-likeness (QED) is 0.563. The molecule has 0 aliphatic heterocycles. The summed E-state index contributed by atoms with van der Waals surface area (Å²) in [5.74, 6) is 0.341. The van der Waals surface area contributed by atoms with E-state index in [0.29, 0.717) is 28.4 Å². The summed E-state index contributed by atoms with van der Waals surface area (Å²) in [7, 11) is 0. The first-order valence-corrected chi connectivity index (χ1v) is 8.77. The highest BCUT2D eigenvalue weighted by atomic mass is 35.5. The zero-order valence-electron chi connectivity index (χ0n) is 12.8. The number of amides is 1. The average molecular weight is 348 g/mol. The summed E-state index contributed by atoms with van der Waals surface area (Å²) in [6.45, 7) is 1.96. The number of benzene rings is 2. The first-order chi connectivity index (χ1) is 11.1. The predicted molar refractivity (Wildman–Crippen MR) is 96.5 cm³/mol. The molecular weight excluding hydrogens is 330 g/mol. The van der Waals surface area contributed by atoms with Crippen LogP contribution in [0.1, 0.15) is 30.1 Å². The molecule has 2 rings (SSSR count). The number of carbonyl (C=O) groups is 2. The third-order valence-electron chi connectivity index (χ3n) is 3.16. The van der Waals surface area contributed by atoms with E-state index in [4.69, 9.17) is 11.6 Å². The topological polar surface area (TPSA) is 46.2 Å². The van der Waals surface area contributed by atoms with Gasteiger partial charge in [0, 0.05) is 22.6 Å². The van der Waals surface area contributed by atoms with Crippen molar-refractivity contribution in [1.29, 1.82) is 0 Å². The van der Waals surface area contributed by atoms with E-state index in [1.54, 1.807) is 24.3 Å². The molecule has 0 saturated heterocycles. The SMILES string of the molecule is CCCC(=O)Nc1ccc(C(=O)CSc2ccccc2Cl)cc1. The Hall–Kier alpha value is -1.78. The molecule has 3 nitrogen and oxygen atoms in total. The minimum Gasteiger partial charge on any atom is -0.326 e. The van der Waals surface area contributed by atoms with Crippen molar-refractivity contribution in [3.63, 3.8) is 0 Å². The molecule has 0 heterocycles. The van der Waals surface area contributed by atoms with Crippen LogP contribution in [-0.4, -0.2) is 17.4 Å². The maximum Gasteiger partial charge on any atom is 0.224 e. The van der Waals surface area contributed by atoms with Crippen molar-refractivity contribution in [2.45, 2.75) is 24.7 Å². The molecule has 0 bridgehead atoms. The number of halogens is 1. The van der Waals surface area contributed by atoms with Crippen molar-refractivity contribution < 1.29 is 9.59 Å². The van der Waals surface area contributed by atoms with Crippen molar-refractivity contribution in [1.82, 2.24) is 0 Å². The van der Waals surface area contributed by atoms with Crippen LogP contribution in [0.5, 0.6) is 0 Å². The molecule has 0 radical (unpaired) electrons. The van der Waals surface area contributed by atoms with E-state index < -0.39 is 0 Å². The molecule has 0 aliphatic rings. The molecule has 1 amide bonds. The fourth-order valence-corrected chi connectivity index (χ4v) is 3.11. The van der Waals surface area contributed by atoms with Gasteiger partial charge in [-0.05, 0) is 42.8 Å². The highest BCUT2D eigenvalue weighted by Gasteiger charge is 2.09. The molecule has 0 aliphatic carbocycles. The van der Waals surface area contributed by atoms with Crippen molar-refractivity contribution in [3.05, 3.63) is 59.1 Å². The second kappa shape index (κ2) is 8.75. The Morgan fingerprint density at radius 2 is 1.78 bits per heavy atom. The largest absolute Gasteiger partial charge is 0.326 e. The summed E-state index contributed by atoms with van der Waals surface area (Å²) >= 11 is 7.50. The smallest absolute Gasteiger partial charge is 0.224 e. The maximum atomic E-state index is 12.2. The summed E-state index contributed by atoms with van der Waals surface area (Å²) < 4.78 is 0. The van der Waals surface area contributed by atoms with Crippen LogP contribution in [0.3, 0.4) is 0 Å². The van der Waals surface area contributed by atoms with Crippen LogP contribution in [0.15, 0.2) is 53.4 Å². The molecule has 0 atom stereocenters. The van der Waals surface area contributed by atoms with Crippen LogP contribution < -0.4 is 5.32 Å². The molecule has 120 valence electrons. The number of thioether (sulfide) groups is 1. The number of carbonyl (C=O) groups excluding carboxylic acids is 2. The van der Waals surface area contributed by atoms with Crippen molar-refractivity contribution in [3.8, 4) is 0 Å². The molecular formula is C18H18ClNO2S. The molecule has 1 N–H and O–H groups in total. The maximum absolute atomic E-state index is 12.2. The molecule has 2 aromatic rings. The number of hydrogen-bond donors (Lipinski definition) is 1. The lowest BCUT2D eigenvalue weighted by atomic mass is 10.1.